The van der Waals surface area contributed by atoms with Crippen molar-refractivity contribution in [2.75, 3.05) is 25.6 Å². The highest BCUT2D eigenvalue weighted by molar-refractivity contribution is 6.17. The lowest BCUT2D eigenvalue weighted by Crippen LogP contribution is -2.41. The number of ether oxygens (including phenoxy) is 1. The maximum Gasteiger partial charge on any atom is 0.253 e. The molecule has 1 aromatic rings. The Morgan fingerprint density at radius 1 is 1.45 bits per heavy atom. The maximum atomic E-state index is 12.4. The Morgan fingerprint density at radius 2 is 2.15 bits per heavy atom. The van der Waals surface area contributed by atoms with E-state index in [2.05, 4.69) is 0 Å². The molecule has 0 unspecified atom stereocenters. The van der Waals surface area contributed by atoms with Gasteiger partial charge >= 0.3 is 0 Å². The second-order valence-corrected chi connectivity index (χ2v) is 5.43. The Kier molecular flexibility index (Phi) is 5.26. The first-order valence-electron chi connectivity index (χ1n) is 6.88. The van der Waals surface area contributed by atoms with Crippen molar-refractivity contribution in [2.45, 2.75) is 25.9 Å². The molecule has 2 rings (SSSR count). The summed E-state index contributed by atoms with van der Waals surface area (Å²) in [6.07, 6.45) is 1.90. The highest BCUT2D eigenvalue weighted by Crippen LogP contribution is 2.20. The van der Waals surface area contributed by atoms with Crippen LogP contribution < -0.4 is 0 Å². The minimum Gasteiger partial charge on any atom is -0.508 e. The number of amides is 1. The van der Waals surface area contributed by atoms with Crippen LogP contribution in [0.3, 0.4) is 0 Å². The van der Waals surface area contributed by atoms with Crippen LogP contribution in [0.15, 0.2) is 18.2 Å². The number of likely N-dealkylation sites (tertiary alicyclic amines) is 1. The van der Waals surface area contributed by atoms with E-state index in [0.29, 0.717) is 31.1 Å². The summed E-state index contributed by atoms with van der Waals surface area (Å²) < 4.78 is 5.60. The number of alkyl halides is 1. The summed E-state index contributed by atoms with van der Waals surface area (Å²) in [5.41, 5.74) is 1.34. The standard InChI is InChI=1S/C15H20ClNO3/c1-11-10-12(2-3-14(11)18)15(19)17-7-4-13(5-8-17)20-9-6-16/h2-3,10,13,18H,4-9H2,1H3. The molecule has 4 nitrogen and oxygen atoms in total. The van der Waals surface area contributed by atoms with Gasteiger partial charge in [-0.3, -0.25) is 4.79 Å². The van der Waals surface area contributed by atoms with Crippen molar-refractivity contribution in [3.63, 3.8) is 0 Å². The number of carbonyl (C=O) groups excluding carboxylic acids is 1. The summed E-state index contributed by atoms with van der Waals surface area (Å²) >= 11 is 5.60. The summed E-state index contributed by atoms with van der Waals surface area (Å²) in [7, 11) is 0. The van der Waals surface area contributed by atoms with Gasteiger partial charge < -0.3 is 14.7 Å². The lowest BCUT2D eigenvalue weighted by molar-refractivity contribution is 0.0154. The van der Waals surface area contributed by atoms with Gasteiger partial charge in [-0.15, -0.1) is 11.6 Å². The van der Waals surface area contributed by atoms with Crippen molar-refractivity contribution in [3.8, 4) is 5.75 Å². The first kappa shape index (κ1) is 15.1. The SMILES string of the molecule is Cc1cc(C(=O)N2CCC(OCCCl)CC2)ccc1O. The van der Waals surface area contributed by atoms with Gasteiger partial charge in [-0.2, -0.15) is 0 Å². The monoisotopic (exact) mass is 297 g/mol. The number of benzene rings is 1. The van der Waals surface area contributed by atoms with E-state index in [1.807, 2.05) is 4.90 Å². The molecule has 1 heterocycles. The van der Waals surface area contributed by atoms with E-state index in [1.54, 1.807) is 25.1 Å². The van der Waals surface area contributed by atoms with Gasteiger partial charge in [0.15, 0.2) is 0 Å². The summed E-state index contributed by atoms with van der Waals surface area (Å²) in [6, 6.07) is 4.97. The number of piperidine rings is 1. The van der Waals surface area contributed by atoms with Crippen molar-refractivity contribution >= 4 is 17.5 Å². The summed E-state index contributed by atoms with van der Waals surface area (Å²) in [5.74, 6) is 0.741. The van der Waals surface area contributed by atoms with Crippen molar-refractivity contribution in [1.29, 1.82) is 0 Å². The zero-order valence-electron chi connectivity index (χ0n) is 11.6. The number of aromatic hydroxyl groups is 1. The fourth-order valence-electron chi connectivity index (χ4n) is 2.41. The smallest absolute Gasteiger partial charge is 0.253 e. The minimum absolute atomic E-state index is 0.0175. The minimum atomic E-state index is 0.0175. The molecule has 0 bridgehead atoms. The summed E-state index contributed by atoms with van der Waals surface area (Å²) in [4.78, 5) is 14.2. The fourth-order valence-corrected chi connectivity index (χ4v) is 2.50. The molecule has 1 aliphatic rings. The van der Waals surface area contributed by atoms with Crippen LogP contribution in [-0.2, 0) is 4.74 Å². The highest BCUT2D eigenvalue weighted by Gasteiger charge is 2.24. The second-order valence-electron chi connectivity index (χ2n) is 5.05. The Labute approximate surface area is 124 Å². The number of carbonyl (C=O) groups is 1. The van der Waals surface area contributed by atoms with E-state index in [0.717, 1.165) is 18.4 Å². The van der Waals surface area contributed by atoms with Crippen LogP contribution in [0.5, 0.6) is 5.75 Å². The summed E-state index contributed by atoms with van der Waals surface area (Å²) in [6.45, 7) is 3.76. The van der Waals surface area contributed by atoms with Crippen LogP contribution >= 0.6 is 11.6 Å². The first-order chi connectivity index (χ1) is 9.61. The number of rotatable bonds is 4. The predicted octanol–water partition coefficient (Wildman–Crippen LogP) is 2.56. The molecule has 1 N–H and O–H groups in total. The molecule has 1 amide bonds. The van der Waals surface area contributed by atoms with E-state index >= 15 is 0 Å². The van der Waals surface area contributed by atoms with Gasteiger partial charge in [0, 0.05) is 24.5 Å². The van der Waals surface area contributed by atoms with Gasteiger partial charge in [-0.25, -0.2) is 0 Å². The van der Waals surface area contributed by atoms with Gasteiger partial charge in [-0.1, -0.05) is 0 Å². The van der Waals surface area contributed by atoms with Crippen molar-refractivity contribution in [3.05, 3.63) is 29.3 Å². The molecule has 20 heavy (non-hydrogen) atoms. The molecule has 0 spiro atoms. The van der Waals surface area contributed by atoms with Crippen LogP contribution in [0.1, 0.15) is 28.8 Å². The zero-order chi connectivity index (χ0) is 14.5. The van der Waals surface area contributed by atoms with Crippen LogP contribution in [0, 0.1) is 6.92 Å². The molecular formula is C15H20ClNO3. The zero-order valence-corrected chi connectivity index (χ0v) is 12.4. The highest BCUT2D eigenvalue weighted by atomic mass is 35.5. The lowest BCUT2D eigenvalue weighted by Gasteiger charge is -2.32. The Bertz CT molecular complexity index is 470. The third-order valence-electron chi connectivity index (χ3n) is 3.60. The quantitative estimate of drug-likeness (QED) is 0.869. The molecular weight excluding hydrogens is 278 g/mol. The molecule has 5 heteroatoms. The van der Waals surface area contributed by atoms with Crippen molar-refractivity contribution in [1.82, 2.24) is 4.90 Å². The molecule has 1 saturated heterocycles. The topological polar surface area (TPSA) is 49.8 Å². The number of phenols is 1. The molecule has 0 atom stereocenters. The van der Waals surface area contributed by atoms with E-state index < -0.39 is 0 Å². The average molecular weight is 298 g/mol. The van der Waals surface area contributed by atoms with E-state index in [-0.39, 0.29) is 17.8 Å². The number of hydrogen-bond acceptors (Lipinski definition) is 3. The number of aryl methyl sites for hydroxylation is 1. The van der Waals surface area contributed by atoms with Crippen molar-refractivity contribution < 1.29 is 14.6 Å². The van der Waals surface area contributed by atoms with Crippen LogP contribution in [0.2, 0.25) is 0 Å². The molecule has 1 aromatic carbocycles. The van der Waals surface area contributed by atoms with Gasteiger partial charge in [0.25, 0.3) is 5.91 Å². The Hall–Kier alpha value is -1.26. The van der Waals surface area contributed by atoms with E-state index in [4.69, 9.17) is 16.3 Å². The van der Waals surface area contributed by atoms with Crippen LogP contribution in [0.4, 0.5) is 0 Å². The number of phenolic OH excluding ortho intramolecular Hbond substituents is 1. The van der Waals surface area contributed by atoms with E-state index in [1.165, 1.54) is 0 Å². The number of halogens is 1. The molecule has 110 valence electrons. The number of nitrogens with zero attached hydrogens (tertiary/aromatic N) is 1. The molecule has 0 radical (unpaired) electrons. The van der Waals surface area contributed by atoms with Gasteiger partial charge in [-0.05, 0) is 43.5 Å². The lowest BCUT2D eigenvalue weighted by atomic mass is 10.0. The third-order valence-corrected chi connectivity index (χ3v) is 3.76. The molecule has 1 fully saturated rings. The van der Waals surface area contributed by atoms with Crippen LogP contribution in [-0.4, -0.2) is 47.6 Å². The predicted molar refractivity (Wildman–Crippen MR) is 78.4 cm³/mol. The molecule has 0 saturated carbocycles. The van der Waals surface area contributed by atoms with Gasteiger partial charge in [0.1, 0.15) is 5.75 Å². The summed E-state index contributed by atoms with van der Waals surface area (Å²) in [5, 5.41) is 9.50. The average Bonchev–Trinajstić information content (AvgIpc) is 2.48. The molecule has 0 aromatic heterocycles. The van der Waals surface area contributed by atoms with Gasteiger partial charge in [0.2, 0.25) is 0 Å². The van der Waals surface area contributed by atoms with E-state index in [9.17, 15) is 9.90 Å². The Morgan fingerprint density at radius 3 is 2.75 bits per heavy atom. The van der Waals surface area contributed by atoms with Crippen molar-refractivity contribution in [2.24, 2.45) is 0 Å². The Balaban J connectivity index is 1.92. The number of hydrogen-bond donors (Lipinski definition) is 1. The third kappa shape index (κ3) is 3.64. The normalized spacial score (nSPS) is 16.4. The first-order valence-corrected chi connectivity index (χ1v) is 7.41. The maximum absolute atomic E-state index is 12.4. The second kappa shape index (κ2) is 6.95. The molecule has 0 aliphatic carbocycles. The van der Waals surface area contributed by atoms with Crippen LogP contribution in [0.25, 0.3) is 0 Å². The fraction of sp³-hybridized carbons (Fsp3) is 0.533. The van der Waals surface area contributed by atoms with Gasteiger partial charge in [0.05, 0.1) is 12.7 Å². The largest absolute Gasteiger partial charge is 0.508 e. The molecule has 1 aliphatic heterocycles.